The highest BCUT2D eigenvalue weighted by molar-refractivity contribution is 5.81. The third-order valence-electron chi connectivity index (χ3n) is 5.13. The second-order valence-corrected chi connectivity index (χ2v) is 7.97. The highest BCUT2D eigenvalue weighted by Gasteiger charge is 2.23. The zero-order valence-electron chi connectivity index (χ0n) is 16.7. The van der Waals surface area contributed by atoms with Crippen LogP contribution in [0.5, 0.6) is 6.01 Å². The summed E-state index contributed by atoms with van der Waals surface area (Å²) in [6.45, 7) is 11.1. The number of likely N-dealkylation sites (tertiary alicyclic amines) is 1. The summed E-state index contributed by atoms with van der Waals surface area (Å²) >= 11 is 0. The van der Waals surface area contributed by atoms with Gasteiger partial charge in [0.05, 0.1) is 6.61 Å². The molecule has 0 unspecified atom stereocenters. The van der Waals surface area contributed by atoms with E-state index in [1.807, 2.05) is 0 Å². The number of nitrogens with two attached hydrogens (primary N) is 1. The summed E-state index contributed by atoms with van der Waals surface area (Å²) in [5.74, 6) is 1.41. The molecule has 3 rings (SSSR count). The first-order valence-corrected chi connectivity index (χ1v) is 10.1. The zero-order valence-corrected chi connectivity index (χ0v) is 16.7. The van der Waals surface area contributed by atoms with Crippen molar-refractivity contribution in [2.75, 3.05) is 32.0 Å². The van der Waals surface area contributed by atoms with Crippen LogP contribution < -0.4 is 16.2 Å². The van der Waals surface area contributed by atoms with E-state index in [2.05, 4.69) is 40.6 Å². The zero-order chi connectivity index (χ0) is 19.4. The Bertz CT molecular complexity index is 804. The summed E-state index contributed by atoms with van der Waals surface area (Å²) in [5, 5.41) is 0. The fourth-order valence-corrected chi connectivity index (χ4v) is 3.70. The average molecular weight is 377 g/mol. The smallest absolute Gasteiger partial charge is 0.327 e. The standard InChI is InChI=1S/C19H32N6O2/c1-4-5-10-27-18-22-16(20)15-17(23-18)25(19(26)21-15)12-14-6-8-24(9-7-14)11-13(2)3/h13-14H,4-12H2,1-3H3,(H,21,26)(H2,20,22,23). The summed E-state index contributed by atoms with van der Waals surface area (Å²) in [5.41, 5.74) is 6.89. The number of rotatable bonds is 8. The van der Waals surface area contributed by atoms with E-state index in [1.165, 1.54) is 0 Å². The summed E-state index contributed by atoms with van der Waals surface area (Å²) in [6.07, 6.45) is 4.14. The van der Waals surface area contributed by atoms with E-state index in [0.717, 1.165) is 45.3 Å². The van der Waals surface area contributed by atoms with Gasteiger partial charge in [0.1, 0.15) is 5.52 Å². The van der Waals surface area contributed by atoms with Gasteiger partial charge in [-0.05, 0) is 44.2 Å². The van der Waals surface area contributed by atoms with Gasteiger partial charge in [-0.3, -0.25) is 4.57 Å². The van der Waals surface area contributed by atoms with E-state index in [4.69, 9.17) is 10.5 Å². The predicted octanol–water partition coefficient (Wildman–Crippen LogP) is 2.25. The minimum atomic E-state index is -0.179. The number of H-pyrrole nitrogens is 1. The second kappa shape index (κ2) is 8.73. The number of ether oxygens (including phenoxy) is 1. The molecule has 0 saturated carbocycles. The van der Waals surface area contributed by atoms with Gasteiger partial charge in [0.25, 0.3) is 0 Å². The lowest BCUT2D eigenvalue weighted by molar-refractivity contribution is 0.159. The molecule has 2 aromatic heterocycles. The molecular weight excluding hydrogens is 344 g/mol. The van der Waals surface area contributed by atoms with Crippen molar-refractivity contribution in [1.29, 1.82) is 0 Å². The molecule has 150 valence electrons. The van der Waals surface area contributed by atoms with Gasteiger partial charge in [-0.15, -0.1) is 0 Å². The first-order valence-electron chi connectivity index (χ1n) is 10.1. The van der Waals surface area contributed by atoms with E-state index in [0.29, 0.717) is 36.2 Å². The van der Waals surface area contributed by atoms with Gasteiger partial charge in [0, 0.05) is 13.1 Å². The van der Waals surface area contributed by atoms with Crippen molar-refractivity contribution in [3.05, 3.63) is 10.5 Å². The molecule has 3 N–H and O–H groups in total. The number of aromatic nitrogens is 4. The van der Waals surface area contributed by atoms with Crippen LogP contribution in [0.15, 0.2) is 4.79 Å². The van der Waals surface area contributed by atoms with Crippen LogP contribution in [0.1, 0.15) is 46.5 Å². The third-order valence-corrected chi connectivity index (χ3v) is 5.13. The first kappa shape index (κ1) is 19.7. The van der Waals surface area contributed by atoms with Crippen LogP contribution in [-0.4, -0.2) is 50.7 Å². The molecule has 1 aliphatic heterocycles. The lowest BCUT2D eigenvalue weighted by Gasteiger charge is -2.33. The molecule has 27 heavy (non-hydrogen) atoms. The molecule has 0 bridgehead atoms. The number of hydrogen-bond acceptors (Lipinski definition) is 6. The quantitative estimate of drug-likeness (QED) is 0.685. The number of aromatic amines is 1. The molecule has 0 aromatic carbocycles. The summed E-state index contributed by atoms with van der Waals surface area (Å²) in [4.78, 5) is 26.4. The molecule has 0 atom stereocenters. The molecule has 0 aliphatic carbocycles. The Labute approximate surface area is 160 Å². The predicted molar refractivity (Wildman–Crippen MR) is 107 cm³/mol. The number of imidazole rings is 1. The number of unbranched alkanes of at least 4 members (excludes halogenated alkanes) is 1. The minimum absolute atomic E-state index is 0.179. The van der Waals surface area contributed by atoms with Crippen molar-refractivity contribution in [2.24, 2.45) is 11.8 Å². The number of nitrogens with one attached hydrogen (secondary N) is 1. The molecule has 8 heteroatoms. The Kier molecular flexibility index (Phi) is 6.36. The molecule has 1 aliphatic rings. The van der Waals surface area contributed by atoms with E-state index >= 15 is 0 Å². The average Bonchev–Trinajstić information content (AvgIpc) is 2.93. The van der Waals surface area contributed by atoms with Crippen molar-refractivity contribution < 1.29 is 4.74 Å². The van der Waals surface area contributed by atoms with Gasteiger partial charge in [0.15, 0.2) is 11.5 Å². The second-order valence-electron chi connectivity index (χ2n) is 7.97. The van der Waals surface area contributed by atoms with Crippen LogP contribution in [0.4, 0.5) is 5.82 Å². The van der Waals surface area contributed by atoms with E-state index < -0.39 is 0 Å². The molecule has 8 nitrogen and oxygen atoms in total. The third kappa shape index (κ3) is 4.80. The van der Waals surface area contributed by atoms with Crippen LogP contribution in [0.25, 0.3) is 11.2 Å². The Morgan fingerprint density at radius 2 is 2.04 bits per heavy atom. The number of nitrogen functional groups attached to an aromatic ring is 1. The highest BCUT2D eigenvalue weighted by atomic mass is 16.5. The van der Waals surface area contributed by atoms with E-state index in [9.17, 15) is 4.79 Å². The van der Waals surface area contributed by atoms with Gasteiger partial charge < -0.3 is 20.4 Å². The fourth-order valence-electron chi connectivity index (χ4n) is 3.70. The maximum Gasteiger partial charge on any atom is 0.327 e. The lowest BCUT2D eigenvalue weighted by Crippen LogP contribution is -2.38. The maximum absolute atomic E-state index is 12.5. The van der Waals surface area contributed by atoms with Crippen molar-refractivity contribution >= 4 is 17.0 Å². The first-order chi connectivity index (χ1) is 13.0. The molecule has 1 fully saturated rings. The monoisotopic (exact) mass is 376 g/mol. The van der Waals surface area contributed by atoms with Crippen molar-refractivity contribution in [3.63, 3.8) is 0 Å². The minimum Gasteiger partial charge on any atom is -0.463 e. The van der Waals surface area contributed by atoms with Gasteiger partial charge >= 0.3 is 11.7 Å². The Balaban J connectivity index is 1.74. The van der Waals surface area contributed by atoms with Crippen LogP contribution >= 0.6 is 0 Å². The summed E-state index contributed by atoms with van der Waals surface area (Å²) in [6, 6.07) is 0.243. The molecule has 1 saturated heterocycles. The van der Waals surface area contributed by atoms with Crippen molar-refractivity contribution in [3.8, 4) is 6.01 Å². The molecule has 3 heterocycles. The van der Waals surface area contributed by atoms with E-state index in [-0.39, 0.29) is 17.5 Å². The molecule has 0 radical (unpaired) electrons. The van der Waals surface area contributed by atoms with E-state index in [1.54, 1.807) is 4.57 Å². The fraction of sp³-hybridized carbons (Fsp3) is 0.737. The van der Waals surface area contributed by atoms with Crippen molar-refractivity contribution in [1.82, 2.24) is 24.4 Å². The largest absolute Gasteiger partial charge is 0.463 e. The molecule has 0 spiro atoms. The number of fused-ring (bicyclic) bond motifs is 1. The van der Waals surface area contributed by atoms with Crippen LogP contribution in [0.2, 0.25) is 0 Å². The SMILES string of the molecule is CCCCOc1nc(N)c2[nH]c(=O)n(CC3CCN(CC(C)C)CC3)c2n1. The molecular formula is C19H32N6O2. The van der Waals surface area contributed by atoms with Crippen LogP contribution in [0.3, 0.4) is 0 Å². The summed E-state index contributed by atoms with van der Waals surface area (Å²) in [7, 11) is 0. The van der Waals surface area contributed by atoms with Crippen molar-refractivity contribution in [2.45, 2.75) is 53.0 Å². The highest BCUT2D eigenvalue weighted by Crippen LogP contribution is 2.23. The molecule has 0 amide bonds. The number of nitrogens with zero attached hydrogens (tertiary/aromatic N) is 4. The lowest BCUT2D eigenvalue weighted by atomic mass is 9.96. The number of piperidine rings is 1. The van der Waals surface area contributed by atoms with Gasteiger partial charge in [-0.25, -0.2) is 4.79 Å². The Morgan fingerprint density at radius 1 is 1.30 bits per heavy atom. The number of hydrogen-bond donors (Lipinski definition) is 2. The van der Waals surface area contributed by atoms with Gasteiger partial charge in [0.2, 0.25) is 0 Å². The van der Waals surface area contributed by atoms with Crippen LogP contribution in [0, 0.1) is 11.8 Å². The molecule has 2 aromatic rings. The topological polar surface area (TPSA) is 102 Å². The Hall–Kier alpha value is -2.09. The Morgan fingerprint density at radius 3 is 2.70 bits per heavy atom. The normalized spacial score (nSPS) is 16.4. The van der Waals surface area contributed by atoms with Gasteiger partial charge in [-0.2, -0.15) is 9.97 Å². The maximum atomic E-state index is 12.5. The van der Waals surface area contributed by atoms with Gasteiger partial charge in [-0.1, -0.05) is 27.2 Å². The van der Waals surface area contributed by atoms with Crippen LogP contribution in [-0.2, 0) is 6.54 Å². The summed E-state index contributed by atoms with van der Waals surface area (Å²) < 4.78 is 7.30. The number of anilines is 1.